The average molecular weight is 265 g/mol. The largest absolute Gasteiger partial charge is 0.378 e. The van der Waals surface area contributed by atoms with Crippen LogP contribution in [0, 0.1) is 5.82 Å². The molecule has 0 aromatic heterocycles. The first-order chi connectivity index (χ1) is 9.25. The Bertz CT molecular complexity index is 416. The van der Waals surface area contributed by atoms with E-state index in [0.29, 0.717) is 31.1 Å². The van der Waals surface area contributed by atoms with Gasteiger partial charge in [-0.05, 0) is 37.3 Å². The third kappa shape index (κ3) is 4.63. The smallest absolute Gasteiger partial charge is 0.220 e. The molecule has 1 aliphatic rings. The van der Waals surface area contributed by atoms with Gasteiger partial charge in [0, 0.05) is 19.6 Å². The number of nitrogens with one attached hydrogen (secondary N) is 1. The lowest BCUT2D eigenvalue weighted by molar-refractivity contribution is -0.121. The Kier molecular flexibility index (Phi) is 5.33. The predicted molar refractivity (Wildman–Crippen MR) is 71.3 cm³/mol. The number of hydrogen-bond acceptors (Lipinski definition) is 2. The Morgan fingerprint density at radius 2 is 2.26 bits per heavy atom. The van der Waals surface area contributed by atoms with Crippen LogP contribution < -0.4 is 5.32 Å². The molecule has 0 radical (unpaired) electrons. The van der Waals surface area contributed by atoms with Crippen molar-refractivity contribution in [1.29, 1.82) is 0 Å². The van der Waals surface area contributed by atoms with Crippen molar-refractivity contribution in [3.8, 4) is 0 Å². The summed E-state index contributed by atoms with van der Waals surface area (Å²) in [5, 5.41) is 2.86. The molecule has 1 aromatic rings. The van der Waals surface area contributed by atoms with Crippen LogP contribution in [0.2, 0.25) is 0 Å². The average Bonchev–Trinajstić information content (AvgIpc) is 2.91. The molecule has 3 nitrogen and oxygen atoms in total. The molecular weight excluding hydrogens is 245 g/mol. The summed E-state index contributed by atoms with van der Waals surface area (Å²) >= 11 is 0. The molecule has 1 aromatic carbocycles. The number of benzene rings is 1. The highest BCUT2D eigenvalue weighted by Crippen LogP contribution is 2.14. The highest BCUT2D eigenvalue weighted by atomic mass is 19.1. The highest BCUT2D eigenvalue weighted by Gasteiger charge is 2.15. The molecular formula is C15H20FNO2. The number of carbonyl (C=O) groups excluding carboxylic acids is 1. The number of amides is 1. The van der Waals surface area contributed by atoms with E-state index >= 15 is 0 Å². The molecule has 0 spiro atoms. The maximum absolute atomic E-state index is 13.3. The maximum Gasteiger partial charge on any atom is 0.220 e. The number of rotatable bonds is 6. The Hall–Kier alpha value is -1.42. The van der Waals surface area contributed by atoms with Gasteiger partial charge in [-0.15, -0.1) is 0 Å². The summed E-state index contributed by atoms with van der Waals surface area (Å²) in [4.78, 5) is 11.6. The van der Waals surface area contributed by atoms with Gasteiger partial charge in [0.1, 0.15) is 5.82 Å². The van der Waals surface area contributed by atoms with Crippen LogP contribution in [-0.2, 0) is 16.0 Å². The van der Waals surface area contributed by atoms with Crippen molar-refractivity contribution >= 4 is 5.91 Å². The fourth-order valence-corrected chi connectivity index (χ4v) is 2.28. The highest BCUT2D eigenvalue weighted by molar-refractivity contribution is 5.76. The minimum absolute atomic E-state index is 0.0266. The molecule has 0 saturated carbocycles. The topological polar surface area (TPSA) is 38.3 Å². The second kappa shape index (κ2) is 7.24. The van der Waals surface area contributed by atoms with E-state index in [1.807, 2.05) is 0 Å². The van der Waals surface area contributed by atoms with Crippen LogP contribution in [0.4, 0.5) is 4.39 Å². The molecule has 19 heavy (non-hydrogen) atoms. The third-order valence-corrected chi connectivity index (χ3v) is 3.39. The van der Waals surface area contributed by atoms with Crippen molar-refractivity contribution in [1.82, 2.24) is 5.32 Å². The number of hydrogen-bond donors (Lipinski definition) is 1. The zero-order valence-electron chi connectivity index (χ0n) is 11.0. The van der Waals surface area contributed by atoms with E-state index in [1.165, 1.54) is 6.07 Å². The summed E-state index contributed by atoms with van der Waals surface area (Å²) < 4.78 is 18.8. The van der Waals surface area contributed by atoms with E-state index in [9.17, 15) is 9.18 Å². The van der Waals surface area contributed by atoms with Crippen molar-refractivity contribution < 1.29 is 13.9 Å². The van der Waals surface area contributed by atoms with E-state index < -0.39 is 0 Å². The molecule has 2 rings (SSSR count). The van der Waals surface area contributed by atoms with Crippen LogP contribution in [0.3, 0.4) is 0 Å². The molecule has 4 heteroatoms. The molecule has 1 heterocycles. The zero-order valence-corrected chi connectivity index (χ0v) is 11.0. The van der Waals surface area contributed by atoms with Gasteiger partial charge in [0.15, 0.2) is 0 Å². The van der Waals surface area contributed by atoms with Gasteiger partial charge >= 0.3 is 0 Å². The van der Waals surface area contributed by atoms with Crippen LogP contribution in [0.15, 0.2) is 24.3 Å². The van der Waals surface area contributed by atoms with Crippen LogP contribution >= 0.6 is 0 Å². The van der Waals surface area contributed by atoms with E-state index in [1.54, 1.807) is 18.2 Å². The monoisotopic (exact) mass is 265 g/mol. The summed E-state index contributed by atoms with van der Waals surface area (Å²) in [6.07, 6.45) is 4.14. The van der Waals surface area contributed by atoms with Crippen molar-refractivity contribution in [2.75, 3.05) is 13.2 Å². The summed E-state index contributed by atoms with van der Waals surface area (Å²) in [6.45, 7) is 1.48. The normalized spacial score (nSPS) is 18.5. The van der Waals surface area contributed by atoms with Gasteiger partial charge in [-0.3, -0.25) is 4.79 Å². The lowest BCUT2D eigenvalue weighted by Crippen LogP contribution is -2.27. The predicted octanol–water partition coefficient (Wildman–Crippen LogP) is 2.44. The first-order valence-corrected chi connectivity index (χ1v) is 6.87. The van der Waals surface area contributed by atoms with Crippen molar-refractivity contribution in [2.24, 2.45) is 0 Å². The molecule has 1 fully saturated rings. The molecule has 104 valence electrons. The Labute approximate surface area is 113 Å². The van der Waals surface area contributed by atoms with Gasteiger partial charge < -0.3 is 10.1 Å². The summed E-state index contributed by atoms with van der Waals surface area (Å²) in [6, 6.07) is 6.58. The van der Waals surface area contributed by atoms with E-state index in [2.05, 4.69) is 5.32 Å². The van der Waals surface area contributed by atoms with Crippen LogP contribution in [-0.4, -0.2) is 25.2 Å². The molecule has 1 unspecified atom stereocenters. The Morgan fingerprint density at radius 3 is 3.00 bits per heavy atom. The molecule has 0 bridgehead atoms. The first-order valence-electron chi connectivity index (χ1n) is 6.87. The molecule has 1 aliphatic heterocycles. The molecule has 1 N–H and O–H groups in total. The maximum atomic E-state index is 13.3. The van der Waals surface area contributed by atoms with E-state index in [4.69, 9.17) is 4.74 Å². The number of halogens is 1. The van der Waals surface area contributed by atoms with Gasteiger partial charge in [0.05, 0.1) is 6.10 Å². The van der Waals surface area contributed by atoms with Gasteiger partial charge in [-0.25, -0.2) is 4.39 Å². The SMILES string of the molecule is O=C(CCc1ccccc1F)NCCC1CCCO1. The molecule has 1 saturated heterocycles. The summed E-state index contributed by atoms with van der Waals surface area (Å²) in [5.41, 5.74) is 0.594. The van der Waals surface area contributed by atoms with Gasteiger partial charge in [0.2, 0.25) is 5.91 Å². The Balaban J connectivity index is 1.63. The molecule has 0 aliphatic carbocycles. The van der Waals surface area contributed by atoms with Crippen LogP contribution in [0.5, 0.6) is 0 Å². The first kappa shape index (κ1) is 14.0. The second-order valence-electron chi connectivity index (χ2n) is 4.87. The van der Waals surface area contributed by atoms with Crippen molar-refractivity contribution in [2.45, 2.75) is 38.2 Å². The number of aryl methyl sites for hydroxylation is 1. The van der Waals surface area contributed by atoms with Gasteiger partial charge in [0.25, 0.3) is 0 Å². The fourth-order valence-electron chi connectivity index (χ4n) is 2.28. The molecule has 1 amide bonds. The number of carbonyl (C=O) groups is 1. The standard InChI is InChI=1S/C15H20FNO2/c16-14-6-2-1-4-12(14)7-8-15(18)17-10-9-13-5-3-11-19-13/h1-2,4,6,13H,3,5,7-11H2,(H,17,18). The molecule has 1 atom stereocenters. The minimum atomic E-state index is -0.241. The van der Waals surface area contributed by atoms with Gasteiger partial charge in [-0.1, -0.05) is 18.2 Å². The van der Waals surface area contributed by atoms with Crippen LogP contribution in [0.25, 0.3) is 0 Å². The quantitative estimate of drug-likeness (QED) is 0.858. The number of ether oxygens (including phenoxy) is 1. The van der Waals surface area contributed by atoms with E-state index in [-0.39, 0.29) is 11.7 Å². The summed E-state index contributed by atoms with van der Waals surface area (Å²) in [7, 11) is 0. The summed E-state index contributed by atoms with van der Waals surface area (Å²) in [5.74, 6) is -0.268. The van der Waals surface area contributed by atoms with Crippen molar-refractivity contribution in [3.63, 3.8) is 0 Å². The van der Waals surface area contributed by atoms with Crippen LogP contribution in [0.1, 0.15) is 31.2 Å². The lowest BCUT2D eigenvalue weighted by Gasteiger charge is -2.10. The van der Waals surface area contributed by atoms with Gasteiger partial charge in [-0.2, -0.15) is 0 Å². The van der Waals surface area contributed by atoms with Crippen molar-refractivity contribution in [3.05, 3.63) is 35.6 Å². The second-order valence-corrected chi connectivity index (χ2v) is 4.87. The lowest BCUT2D eigenvalue weighted by atomic mass is 10.1. The third-order valence-electron chi connectivity index (χ3n) is 3.39. The van der Waals surface area contributed by atoms with E-state index in [0.717, 1.165) is 25.9 Å². The zero-order chi connectivity index (χ0) is 13.5. The minimum Gasteiger partial charge on any atom is -0.378 e. The Morgan fingerprint density at radius 1 is 1.42 bits per heavy atom. The fraction of sp³-hybridized carbons (Fsp3) is 0.533.